The first-order valence-electron chi connectivity index (χ1n) is 11.8. The quantitative estimate of drug-likeness (QED) is 0.315. The van der Waals surface area contributed by atoms with Crippen molar-refractivity contribution < 1.29 is 38.1 Å². The lowest BCUT2D eigenvalue weighted by Gasteiger charge is -2.45. The number of carbonyl (C=O) groups is 4. The average molecular weight is 512 g/mol. The average Bonchev–Trinajstić information content (AvgIpc) is 2.91. The van der Waals surface area contributed by atoms with Gasteiger partial charge >= 0.3 is 23.9 Å². The Balaban J connectivity index is 2.49. The molecule has 9 heteroatoms. The van der Waals surface area contributed by atoms with Gasteiger partial charge < -0.3 is 23.8 Å². The van der Waals surface area contributed by atoms with Crippen molar-refractivity contribution in [2.45, 2.75) is 25.2 Å². The van der Waals surface area contributed by atoms with Gasteiger partial charge in [-0.2, -0.15) is 0 Å². The fourth-order valence-corrected chi connectivity index (χ4v) is 5.30. The number of rotatable bonds is 7. The highest BCUT2D eigenvalue weighted by Crippen LogP contribution is 2.57. The number of methoxy groups -OCH3 is 4. The van der Waals surface area contributed by atoms with Crippen molar-refractivity contribution in [2.75, 3.05) is 47.4 Å². The van der Waals surface area contributed by atoms with Gasteiger partial charge in [-0.05, 0) is 42.2 Å². The summed E-state index contributed by atoms with van der Waals surface area (Å²) in [6, 6.07) is 13.3. The van der Waals surface area contributed by atoms with Gasteiger partial charge in [0.1, 0.15) is 0 Å². The van der Waals surface area contributed by atoms with E-state index in [1.165, 1.54) is 0 Å². The third-order valence-electron chi connectivity index (χ3n) is 7.18. The molecule has 3 rings (SSSR count). The van der Waals surface area contributed by atoms with Gasteiger partial charge in [-0.15, -0.1) is 0 Å². The van der Waals surface area contributed by atoms with Crippen LogP contribution < -0.4 is 4.90 Å². The zero-order valence-electron chi connectivity index (χ0n) is 22.2. The highest BCUT2D eigenvalue weighted by molar-refractivity contribution is 6.05. The number of nitrogens with zero attached hydrogens (tertiary/aromatic N) is 1. The van der Waals surface area contributed by atoms with Crippen LogP contribution in [0.3, 0.4) is 0 Å². The van der Waals surface area contributed by atoms with Crippen LogP contribution in [-0.2, 0) is 38.1 Å². The largest absolute Gasteiger partial charge is 0.468 e. The van der Waals surface area contributed by atoms with E-state index in [1.54, 1.807) is 6.07 Å². The lowest BCUT2D eigenvalue weighted by molar-refractivity contribution is -0.177. The molecule has 198 valence electrons. The lowest BCUT2D eigenvalue weighted by atomic mass is 9.55. The molecule has 1 aliphatic carbocycles. The maximum atomic E-state index is 13.6. The van der Waals surface area contributed by atoms with Crippen molar-refractivity contribution in [2.24, 2.45) is 11.3 Å². The van der Waals surface area contributed by atoms with Crippen LogP contribution >= 0.6 is 0 Å². The molecule has 2 aromatic carbocycles. The van der Waals surface area contributed by atoms with Crippen LogP contribution in [0.5, 0.6) is 0 Å². The number of hydrogen-bond donors (Lipinski definition) is 0. The third kappa shape index (κ3) is 4.77. The molecular formula is C28H33NO8. The van der Waals surface area contributed by atoms with Gasteiger partial charge in [0.25, 0.3) is 0 Å². The van der Waals surface area contributed by atoms with E-state index in [0.29, 0.717) is 5.56 Å². The fraction of sp³-hybridized carbons (Fsp3) is 0.429. The molecule has 0 radical (unpaired) electrons. The van der Waals surface area contributed by atoms with E-state index in [9.17, 15) is 19.2 Å². The van der Waals surface area contributed by atoms with Gasteiger partial charge in [-0.25, -0.2) is 0 Å². The molecule has 0 aliphatic heterocycles. The Kier molecular flexibility index (Phi) is 8.25. The number of anilines is 1. The van der Waals surface area contributed by atoms with E-state index >= 15 is 0 Å². The minimum absolute atomic E-state index is 0.0983. The van der Waals surface area contributed by atoms with Gasteiger partial charge in [0.2, 0.25) is 0 Å². The second kappa shape index (κ2) is 11.0. The first-order valence-corrected chi connectivity index (χ1v) is 11.8. The summed E-state index contributed by atoms with van der Waals surface area (Å²) in [7, 11) is 8.24. The highest BCUT2D eigenvalue weighted by atomic mass is 16.6. The van der Waals surface area contributed by atoms with Crippen LogP contribution in [0.15, 0.2) is 42.5 Å². The molecular weight excluding hydrogens is 478 g/mol. The summed E-state index contributed by atoms with van der Waals surface area (Å²) in [6.45, 7) is 1.96. The first-order chi connectivity index (χ1) is 17.6. The maximum Gasteiger partial charge on any atom is 0.323 e. The molecule has 37 heavy (non-hydrogen) atoms. The van der Waals surface area contributed by atoms with Crippen LogP contribution in [0.2, 0.25) is 0 Å². The summed E-state index contributed by atoms with van der Waals surface area (Å²) < 4.78 is 20.3. The fourth-order valence-electron chi connectivity index (χ4n) is 5.30. The predicted octanol–water partition coefficient (Wildman–Crippen LogP) is 2.97. The Hall–Kier alpha value is -3.88. The van der Waals surface area contributed by atoms with E-state index < -0.39 is 47.0 Å². The van der Waals surface area contributed by atoms with E-state index in [-0.39, 0.29) is 6.42 Å². The molecule has 0 bridgehead atoms. The van der Waals surface area contributed by atoms with Crippen molar-refractivity contribution in [3.8, 4) is 0 Å². The van der Waals surface area contributed by atoms with Crippen LogP contribution in [0.1, 0.15) is 40.5 Å². The summed E-state index contributed by atoms with van der Waals surface area (Å²) >= 11 is 0. The van der Waals surface area contributed by atoms with Crippen LogP contribution in [0.25, 0.3) is 0 Å². The molecule has 0 N–H and O–H groups in total. The van der Waals surface area contributed by atoms with E-state index in [0.717, 1.165) is 50.8 Å². The Morgan fingerprint density at radius 1 is 0.811 bits per heavy atom. The molecule has 0 unspecified atom stereocenters. The number of aryl methyl sites for hydroxylation is 1. The minimum atomic E-state index is -2.05. The number of ether oxygens (including phenoxy) is 4. The van der Waals surface area contributed by atoms with E-state index in [4.69, 9.17) is 18.9 Å². The smallest absolute Gasteiger partial charge is 0.323 e. The van der Waals surface area contributed by atoms with Crippen molar-refractivity contribution in [3.05, 3.63) is 64.7 Å². The number of fused-ring (bicyclic) bond motifs is 1. The Morgan fingerprint density at radius 2 is 1.35 bits per heavy atom. The van der Waals surface area contributed by atoms with Gasteiger partial charge in [-0.3, -0.25) is 19.2 Å². The maximum absolute atomic E-state index is 13.6. The molecule has 0 saturated heterocycles. The summed E-state index contributed by atoms with van der Waals surface area (Å²) in [5.41, 5.74) is 1.81. The van der Waals surface area contributed by atoms with Crippen molar-refractivity contribution in [3.63, 3.8) is 0 Å². The third-order valence-corrected chi connectivity index (χ3v) is 7.18. The standard InChI is InChI=1S/C28H33NO8/c1-16-8-10-17(11-9-16)21-15-28(26(32)36-6,27(33)37-7)23(22(24(30)34-4)25(31)35-5)20-14-18(29(2)3)12-13-19(20)21/h8-14,21-23H,15H2,1-7H3/t21-,23-/m1/s1. The summed E-state index contributed by atoms with van der Waals surface area (Å²) in [5, 5.41) is 0. The Morgan fingerprint density at radius 3 is 1.81 bits per heavy atom. The Bertz CT molecular complexity index is 1160. The topological polar surface area (TPSA) is 108 Å². The molecule has 0 aromatic heterocycles. The molecule has 2 aromatic rings. The molecule has 0 saturated carbocycles. The zero-order chi connectivity index (χ0) is 27.5. The normalized spacial score (nSPS) is 17.8. The zero-order valence-corrected chi connectivity index (χ0v) is 22.2. The van der Waals surface area contributed by atoms with E-state index in [1.807, 2.05) is 62.3 Å². The SMILES string of the molecule is COC(=O)C(C(=O)OC)[C@H]1c2cc(N(C)C)ccc2[C@@H](c2ccc(C)cc2)CC1(C(=O)OC)C(=O)OC. The van der Waals surface area contributed by atoms with Crippen LogP contribution in [0, 0.1) is 18.3 Å². The summed E-state index contributed by atoms with van der Waals surface area (Å²) in [4.78, 5) is 55.3. The van der Waals surface area contributed by atoms with Crippen molar-refractivity contribution in [1.82, 2.24) is 0 Å². The second-order valence-corrected chi connectivity index (χ2v) is 9.33. The van der Waals surface area contributed by atoms with Gasteiger partial charge in [0, 0.05) is 31.6 Å². The Labute approximate surface area is 216 Å². The van der Waals surface area contributed by atoms with Gasteiger partial charge in [0.05, 0.1) is 28.4 Å². The number of benzene rings is 2. The second-order valence-electron chi connectivity index (χ2n) is 9.33. The molecule has 0 heterocycles. The molecule has 1 aliphatic rings. The molecule has 0 amide bonds. The number of carbonyl (C=O) groups excluding carboxylic acids is 4. The van der Waals surface area contributed by atoms with E-state index in [2.05, 4.69) is 0 Å². The number of esters is 4. The lowest BCUT2D eigenvalue weighted by Crippen LogP contribution is -2.54. The van der Waals surface area contributed by atoms with Crippen molar-refractivity contribution in [1.29, 1.82) is 0 Å². The predicted molar refractivity (Wildman–Crippen MR) is 135 cm³/mol. The minimum Gasteiger partial charge on any atom is -0.468 e. The summed E-state index contributed by atoms with van der Waals surface area (Å²) in [5.74, 6) is -7.11. The highest BCUT2D eigenvalue weighted by Gasteiger charge is 2.64. The molecule has 0 fully saturated rings. The van der Waals surface area contributed by atoms with Crippen LogP contribution in [0.4, 0.5) is 5.69 Å². The monoisotopic (exact) mass is 511 g/mol. The first kappa shape index (κ1) is 27.7. The van der Waals surface area contributed by atoms with Gasteiger partial charge in [-0.1, -0.05) is 35.9 Å². The van der Waals surface area contributed by atoms with Crippen LogP contribution in [-0.4, -0.2) is 66.4 Å². The van der Waals surface area contributed by atoms with Crippen molar-refractivity contribution >= 4 is 29.6 Å². The number of hydrogen-bond acceptors (Lipinski definition) is 9. The molecule has 2 atom stereocenters. The van der Waals surface area contributed by atoms with Gasteiger partial charge in [0.15, 0.2) is 11.3 Å². The molecule has 0 spiro atoms. The summed E-state index contributed by atoms with van der Waals surface area (Å²) in [6.07, 6.45) is -0.0983. The molecule has 9 nitrogen and oxygen atoms in total.